The lowest BCUT2D eigenvalue weighted by Gasteiger charge is -2.47. The molecule has 3 N–H and O–H groups in total. The van der Waals surface area contributed by atoms with Gasteiger partial charge in [-0.25, -0.2) is 0 Å². The average Bonchev–Trinajstić information content (AvgIpc) is 2.28. The van der Waals surface area contributed by atoms with Crippen molar-refractivity contribution in [2.75, 3.05) is 18.8 Å². The molecule has 1 amide bonds. The Morgan fingerprint density at radius 3 is 2.88 bits per heavy atom. The van der Waals surface area contributed by atoms with E-state index in [9.17, 15) is 4.79 Å². The number of anilines is 1. The molecule has 2 atom stereocenters. The molecular weight excluding hydrogens is 214 g/mol. The van der Waals surface area contributed by atoms with Crippen LogP contribution in [0.3, 0.4) is 0 Å². The van der Waals surface area contributed by atoms with E-state index in [1.807, 2.05) is 29.2 Å². The first kappa shape index (κ1) is 10.6. The molecule has 0 aromatic heterocycles. The summed E-state index contributed by atoms with van der Waals surface area (Å²) in [5.74, 6) is 0.252. The summed E-state index contributed by atoms with van der Waals surface area (Å²) in [7, 11) is 0. The zero-order valence-corrected chi connectivity index (χ0v) is 9.73. The summed E-state index contributed by atoms with van der Waals surface area (Å²) >= 11 is 0. The largest absolute Gasteiger partial charge is 0.399 e. The van der Waals surface area contributed by atoms with Crippen molar-refractivity contribution >= 4 is 11.6 Å². The molecule has 17 heavy (non-hydrogen) atoms. The van der Waals surface area contributed by atoms with Crippen molar-refractivity contribution in [1.82, 2.24) is 10.2 Å². The van der Waals surface area contributed by atoms with E-state index in [0.717, 1.165) is 37.2 Å². The molecule has 4 rings (SSSR count). The second kappa shape index (κ2) is 4.04. The molecule has 3 aliphatic heterocycles. The van der Waals surface area contributed by atoms with Gasteiger partial charge in [-0.05, 0) is 24.5 Å². The summed E-state index contributed by atoms with van der Waals surface area (Å²) in [5.41, 5.74) is 7.84. The van der Waals surface area contributed by atoms with E-state index in [0.29, 0.717) is 6.04 Å². The van der Waals surface area contributed by atoms with Gasteiger partial charge in [0.05, 0.1) is 6.04 Å². The van der Waals surface area contributed by atoms with Crippen LogP contribution in [0.4, 0.5) is 5.69 Å². The van der Waals surface area contributed by atoms with Gasteiger partial charge < -0.3 is 16.0 Å². The van der Waals surface area contributed by atoms with Crippen LogP contribution >= 0.6 is 0 Å². The third kappa shape index (κ3) is 1.89. The van der Waals surface area contributed by atoms with Crippen molar-refractivity contribution in [2.45, 2.75) is 24.9 Å². The fraction of sp³-hybridized carbons (Fsp3) is 0.462. The number of nitrogens with zero attached hydrogens (tertiary/aromatic N) is 1. The van der Waals surface area contributed by atoms with Gasteiger partial charge in [0.2, 0.25) is 5.91 Å². The van der Waals surface area contributed by atoms with E-state index < -0.39 is 0 Å². The zero-order chi connectivity index (χ0) is 11.8. The number of carbonyl (C=O) groups excluding carboxylic acids is 1. The Hall–Kier alpha value is -1.55. The third-order valence-electron chi connectivity index (χ3n) is 3.71. The van der Waals surface area contributed by atoms with Gasteiger partial charge in [-0.2, -0.15) is 0 Å². The van der Waals surface area contributed by atoms with Crippen molar-refractivity contribution in [3.63, 3.8) is 0 Å². The highest BCUT2D eigenvalue weighted by molar-refractivity contribution is 5.84. The first-order valence-electron chi connectivity index (χ1n) is 6.12. The maximum Gasteiger partial charge on any atom is 0.239 e. The molecule has 90 valence electrons. The summed E-state index contributed by atoms with van der Waals surface area (Å²) < 4.78 is 0. The molecule has 2 bridgehead atoms. The van der Waals surface area contributed by atoms with Gasteiger partial charge in [0, 0.05) is 24.8 Å². The van der Waals surface area contributed by atoms with Gasteiger partial charge >= 0.3 is 0 Å². The monoisotopic (exact) mass is 231 g/mol. The normalized spacial score (nSPS) is 26.8. The van der Waals surface area contributed by atoms with Crippen molar-refractivity contribution in [3.8, 4) is 0 Å². The van der Waals surface area contributed by atoms with Crippen molar-refractivity contribution in [3.05, 3.63) is 29.8 Å². The van der Waals surface area contributed by atoms with Gasteiger partial charge in [0.1, 0.15) is 0 Å². The highest BCUT2D eigenvalue weighted by Crippen LogP contribution is 2.22. The Kier molecular flexibility index (Phi) is 2.52. The highest BCUT2D eigenvalue weighted by Gasteiger charge is 2.42. The smallest absolute Gasteiger partial charge is 0.239 e. The molecule has 0 saturated carbocycles. The first-order valence-corrected chi connectivity index (χ1v) is 6.12. The molecule has 3 aliphatic rings. The van der Waals surface area contributed by atoms with Crippen LogP contribution in [0.25, 0.3) is 0 Å². The van der Waals surface area contributed by atoms with Crippen molar-refractivity contribution in [1.29, 1.82) is 0 Å². The Bertz CT molecular complexity index is 440. The number of benzene rings is 1. The number of carbonyl (C=O) groups is 1. The topological polar surface area (TPSA) is 58.4 Å². The molecule has 4 nitrogen and oxygen atoms in total. The Morgan fingerprint density at radius 2 is 2.18 bits per heavy atom. The number of nitrogens with two attached hydrogens (primary N) is 1. The Morgan fingerprint density at radius 1 is 1.41 bits per heavy atom. The predicted molar refractivity (Wildman–Crippen MR) is 66.5 cm³/mol. The number of rotatable bonds is 3. The number of amides is 1. The van der Waals surface area contributed by atoms with Crippen molar-refractivity contribution < 1.29 is 4.79 Å². The third-order valence-corrected chi connectivity index (χ3v) is 3.71. The fourth-order valence-corrected chi connectivity index (χ4v) is 2.64. The van der Waals surface area contributed by atoms with Crippen LogP contribution in [0, 0.1) is 0 Å². The van der Waals surface area contributed by atoms with Crippen LogP contribution < -0.4 is 11.1 Å². The molecule has 2 unspecified atom stereocenters. The van der Waals surface area contributed by atoms with E-state index in [1.54, 1.807) is 0 Å². The summed E-state index contributed by atoms with van der Waals surface area (Å²) in [6.07, 6.45) is 1.86. The van der Waals surface area contributed by atoms with Gasteiger partial charge in [0.25, 0.3) is 0 Å². The number of hydrogen-bond acceptors (Lipinski definition) is 3. The molecule has 0 radical (unpaired) electrons. The molecule has 0 aliphatic carbocycles. The van der Waals surface area contributed by atoms with E-state index in [2.05, 4.69) is 5.32 Å². The van der Waals surface area contributed by atoms with Gasteiger partial charge in [-0.3, -0.25) is 4.79 Å². The van der Waals surface area contributed by atoms with Crippen LogP contribution in [-0.4, -0.2) is 36.0 Å². The van der Waals surface area contributed by atoms with Crippen LogP contribution in [0.15, 0.2) is 24.3 Å². The fourth-order valence-electron chi connectivity index (χ4n) is 2.64. The predicted octanol–water partition coefficient (Wildman–Crippen LogP) is 0.384. The van der Waals surface area contributed by atoms with Crippen LogP contribution in [-0.2, 0) is 11.2 Å². The molecule has 0 spiro atoms. The lowest BCUT2D eigenvalue weighted by atomic mass is 9.90. The summed E-state index contributed by atoms with van der Waals surface area (Å²) in [5, 5.41) is 3.25. The first-order chi connectivity index (χ1) is 8.24. The molecule has 3 fully saturated rings. The van der Waals surface area contributed by atoms with Gasteiger partial charge in [-0.1, -0.05) is 18.2 Å². The number of piperidine rings is 1. The van der Waals surface area contributed by atoms with E-state index in [1.165, 1.54) is 0 Å². The number of hydrogen-bond donors (Lipinski definition) is 2. The minimum Gasteiger partial charge on any atom is -0.399 e. The molecular formula is C13H17N3O. The van der Waals surface area contributed by atoms with Crippen molar-refractivity contribution in [2.24, 2.45) is 0 Å². The highest BCUT2D eigenvalue weighted by atomic mass is 16.2. The number of fused-ring (bicyclic) bond motifs is 2. The van der Waals surface area contributed by atoms with Gasteiger partial charge in [-0.15, -0.1) is 0 Å². The van der Waals surface area contributed by atoms with Crippen LogP contribution in [0.1, 0.15) is 12.0 Å². The standard InChI is InChI=1S/C13H17N3O/c14-11-4-2-1-3-9(11)5-6-16-8-10-7-12(15-10)13(16)17/h1-4,10,12,15H,5-8,14H2. The Labute approximate surface area is 101 Å². The molecule has 3 saturated heterocycles. The zero-order valence-electron chi connectivity index (χ0n) is 9.73. The number of nitrogen functional groups attached to an aromatic ring is 1. The summed E-state index contributed by atoms with van der Waals surface area (Å²) in [6, 6.07) is 8.47. The molecule has 4 heteroatoms. The lowest BCUT2D eigenvalue weighted by molar-refractivity contribution is -0.142. The SMILES string of the molecule is Nc1ccccc1CCN1CC2CC(N2)C1=O. The number of nitrogens with one attached hydrogen (secondary N) is 1. The quantitative estimate of drug-likeness (QED) is 0.740. The lowest BCUT2D eigenvalue weighted by Crippen LogP contribution is -2.69. The van der Waals surface area contributed by atoms with Crippen LogP contribution in [0.2, 0.25) is 0 Å². The second-order valence-electron chi connectivity index (χ2n) is 4.88. The number of piperazine rings is 1. The number of para-hydroxylation sites is 1. The molecule has 1 aromatic carbocycles. The van der Waals surface area contributed by atoms with Gasteiger partial charge in [0.15, 0.2) is 0 Å². The Balaban J connectivity index is 1.61. The minimum absolute atomic E-state index is 0.0851. The van der Waals surface area contributed by atoms with E-state index in [4.69, 9.17) is 5.73 Å². The van der Waals surface area contributed by atoms with Crippen LogP contribution in [0.5, 0.6) is 0 Å². The summed E-state index contributed by atoms with van der Waals surface area (Å²) in [4.78, 5) is 13.9. The van der Waals surface area contributed by atoms with E-state index >= 15 is 0 Å². The molecule has 3 heterocycles. The second-order valence-corrected chi connectivity index (χ2v) is 4.88. The maximum absolute atomic E-state index is 11.9. The average molecular weight is 231 g/mol. The van der Waals surface area contributed by atoms with E-state index in [-0.39, 0.29) is 11.9 Å². The minimum atomic E-state index is 0.0851. The maximum atomic E-state index is 11.9. The summed E-state index contributed by atoms with van der Waals surface area (Å²) in [6.45, 7) is 1.63. The molecule has 1 aromatic rings.